The van der Waals surface area contributed by atoms with Crippen molar-refractivity contribution in [2.75, 3.05) is 6.54 Å². The maximum atomic E-state index is 12.5. The highest BCUT2D eigenvalue weighted by molar-refractivity contribution is 6.31. The van der Waals surface area contributed by atoms with E-state index in [2.05, 4.69) is 10.3 Å². The van der Waals surface area contributed by atoms with Gasteiger partial charge in [0.15, 0.2) is 0 Å². The summed E-state index contributed by atoms with van der Waals surface area (Å²) in [6, 6.07) is 1.25. The Labute approximate surface area is 123 Å². The molecule has 0 spiro atoms. The fourth-order valence-corrected chi connectivity index (χ4v) is 2.34. The van der Waals surface area contributed by atoms with Crippen LogP contribution < -0.4 is 5.32 Å². The molecule has 1 N–H and O–H groups in total. The Hall–Kier alpha value is -1.62. The summed E-state index contributed by atoms with van der Waals surface area (Å²) in [4.78, 5) is 29.7. The van der Waals surface area contributed by atoms with Crippen LogP contribution in [0.2, 0.25) is 5.02 Å². The van der Waals surface area contributed by atoms with Gasteiger partial charge in [-0.05, 0) is 17.0 Å². The van der Waals surface area contributed by atoms with Gasteiger partial charge in [0.05, 0.1) is 11.6 Å². The average Bonchev–Trinajstić information content (AvgIpc) is 2.34. The van der Waals surface area contributed by atoms with Crippen molar-refractivity contribution in [3.63, 3.8) is 0 Å². The Balaban J connectivity index is 2.21. The summed E-state index contributed by atoms with van der Waals surface area (Å²) in [6.45, 7) is 6.17. The lowest BCUT2D eigenvalue weighted by Gasteiger charge is -2.39. The molecule has 1 fully saturated rings. The van der Waals surface area contributed by atoms with Crippen molar-refractivity contribution in [3.8, 4) is 0 Å². The molecule has 0 aromatic carbocycles. The number of halogens is 1. The molecule has 1 atom stereocenters. The maximum Gasteiger partial charge on any atom is 0.246 e. The minimum Gasteiger partial charge on any atom is -0.342 e. The van der Waals surface area contributed by atoms with Gasteiger partial charge >= 0.3 is 0 Å². The van der Waals surface area contributed by atoms with E-state index in [1.807, 2.05) is 20.8 Å². The van der Waals surface area contributed by atoms with Crippen molar-refractivity contribution in [1.29, 1.82) is 0 Å². The zero-order valence-corrected chi connectivity index (χ0v) is 12.6. The van der Waals surface area contributed by atoms with E-state index in [-0.39, 0.29) is 23.8 Å². The molecule has 2 amide bonds. The van der Waals surface area contributed by atoms with E-state index in [9.17, 15) is 9.59 Å². The standard InChI is InChI=1S/C14H18ClN3O2/c1-14(2,3)12-13(20)18(8-11(19)17-12)7-9-4-5-16-6-10(9)15/h4-6,12H,7-8H2,1-3H3,(H,17,19). The van der Waals surface area contributed by atoms with E-state index < -0.39 is 6.04 Å². The summed E-state index contributed by atoms with van der Waals surface area (Å²) < 4.78 is 0. The third kappa shape index (κ3) is 3.10. The molecule has 2 rings (SSSR count). The van der Waals surface area contributed by atoms with E-state index >= 15 is 0 Å². The first kappa shape index (κ1) is 14.8. The normalized spacial score (nSPS) is 20.0. The van der Waals surface area contributed by atoms with Crippen LogP contribution in [0.4, 0.5) is 0 Å². The van der Waals surface area contributed by atoms with Crippen LogP contribution in [0, 0.1) is 5.41 Å². The molecule has 1 aliphatic heterocycles. The molecular weight excluding hydrogens is 278 g/mol. The lowest BCUT2D eigenvalue weighted by atomic mass is 9.84. The van der Waals surface area contributed by atoms with Crippen LogP contribution >= 0.6 is 11.6 Å². The molecule has 0 saturated carbocycles. The second-order valence-corrected chi connectivity index (χ2v) is 6.44. The fraction of sp³-hybridized carbons (Fsp3) is 0.500. The van der Waals surface area contributed by atoms with E-state index in [1.54, 1.807) is 12.3 Å². The highest BCUT2D eigenvalue weighted by atomic mass is 35.5. The van der Waals surface area contributed by atoms with Crippen molar-refractivity contribution in [2.24, 2.45) is 5.41 Å². The molecule has 5 nitrogen and oxygen atoms in total. The predicted molar refractivity (Wildman–Crippen MR) is 76.0 cm³/mol. The number of carbonyl (C=O) groups excluding carboxylic acids is 2. The summed E-state index contributed by atoms with van der Waals surface area (Å²) >= 11 is 6.05. The molecule has 1 unspecified atom stereocenters. The first-order valence-electron chi connectivity index (χ1n) is 6.45. The number of carbonyl (C=O) groups is 2. The molecule has 0 bridgehead atoms. The fourth-order valence-electron chi connectivity index (χ4n) is 2.16. The Morgan fingerprint density at radius 1 is 1.45 bits per heavy atom. The smallest absolute Gasteiger partial charge is 0.246 e. The molecular formula is C14H18ClN3O2. The van der Waals surface area contributed by atoms with Gasteiger partial charge in [0.1, 0.15) is 6.04 Å². The quantitative estimate of drug-likeness (QED) is 0.901. The number of pyridine rings is 1. The third-order valence-electron chi connectivity index (χ3n) is 3.28. The lowest BCUT2D eigenvalue weighted by Crippen LogP contribution is -2.61. The molecule has 1 aromatic heterocycles. The van der Waals surface area contributed by atoms with Gasteiger partial charge < -0.3 is 10.2 Å². The lowest BCUT2D eigenvalue weighted by molar-refractivity contribution is -0.147. The van der Waals surface area contributed by atoms with Crippen molar-refractivity contribution in [3.05, 3.63) is 29.0 Å². The van der Waals surface area contributed by atoms with Gasteiger partial charge in [0, 0.05) is 18.9 Å². The van der Waals surface area contributed by atoms with E-state index in [4.69, 9.17) is 11.6 Å². The molecule has 2 heterocycles. The van der Waals surface area contributed by atoms with Crippen LogP contribution in [0.5, 0.6) is 0 Å². The summed E-state index contributed by atoms with van der Waals surface area (Å²) in [6.07, 6.45) is 3.16. The van der Waals surface area contributed by atoms with Gasteiger partial charge in [0.25, 0.3) is 0 Å². The van der Waals surface area contributed by atoms with Crippen LogP contribution in [-0.4, -0.2) is 34.3 Å². The predicted octanol–water partition coefficient (Wildman–Crippen LogP) is 1.61. The summed E-state index contributed by atoms with van der Waals surface area (Å²) in [5, 5.41) is 3.26. The van der Waals surface area contributed by atoms with E-state index in [1.165, 1.54) is 11.1 Å². The number of piperazine rings is 1. The molecule has 1 saturated heterocycles. The van der Waals surface area contributed by atoms with Gasteiger partial charge in [-0.1, -0.05) is 32.4 Å². The number of aromatic nitrogens is 1. The topological polar surface area (TPSA) is 62.3 Å². The van der Waals surface area contributed by atoms with Gasteiger partial charge in [-0.25, -0.2) is 0 Å². The number of nitrogens with one attached hydrogen (secondary N) is 1. The second-order valence-electron chi connectivity index (χ2n) is 6.03. The molecule has 1 aliphatic rings. The van der Waals surface area contributed by atoms with Crippen molar-refractivity contribution in [1.82, 2.24) is 15.2 Å². The van der Waals surface area contributed by atoms with E-state index in [0.29, 0.717) is 11.6 Å². The van der Waals surface area contributed by atoms with Crippen LogP contribution in [0.25, 0.3) is 0 Å². The minimum atomic E-state index is -0.510. The van der Waals surface area contributed by atoms with Gasteiger partial charge in [-0.2, -0.15) is 0 Å². The number of rotatable bonds is 2. The number of amides is 2. The highest BCUT2D eigenvalue weighted by Gasteiger charge is 2.39. The first-order valence-corrected chi connectivity index (χ1v) is 6.83. The Bertz CT molecular complexity index is 539. The van der Waals surface area contributed by atoms with E-state index in [0.717, 1.165) is 5.56 Å². The SMILES string of the molecule is CC(C)(C)C1NC(=O)CN(Cc2ccncc2Cl)C1=O. The van der Waals surface area contributed by atoms with Gasteiger partial charge in [-0.15, -0.1) is 0 Å². The number of hydrogen-bond donors (Lipinski definition) is 1. The average molecular weight is 296 g/mol. The molecule has 1 aromatic rings. The van der Waals surface area contributed by atoms with Crippen molar-refractivity contribution >= 4 is 23.4 Å². The zero-order chi connectivity index (χ0) is 14.9. The first-order chi connectivity index (χ1) is 9.29. The van der Waals surface area contributed by atoms with Crippen LogP contribution in [0.1, 0.15) is 26.3 Å². The maximum absolute atomic E-state index is 12.5. The molecule has 0 aliphatic carbocycles. The molecule has 0 radical (unpaired) electrons. The van der Waals surface area contributed by atoms with Crippen LogP contribution in [0.3, 0.4) is 0 Å². The van der Waals surface area contributed by atoms with Crippen molar-refractivity contribution in [2.45, 2.75) is 33.4 Å². The summed E-state index contributed by atoms with van der Waals surface area (Å²) in [5.74, 6) is -0.223. The monoisotopic (exact) mass is 295 g/mol. The van der Waals surface area contributed by atoms with Gasteiger partial charge in [-0.3, -0.25) is 14.6 Å². The molecule has 20 heavy (non-hydrogen) atoms. The Morgan fingerprint density at radius 3 is 2.75 bits per heavy atom. The van der Waals surface area contributed by atoms with Crippen LogP contribution in [0.15, 0.2) is 18.5 Å². The Kier molecular flexibility index (Phi) is 3.99. The molecule has 108 valence electrons. The largest absolute Gasteiger partial charge is 0.342 e. The summed E-state index contributed by atoms with van der Waals surface area (Å²) in [7, 11) is 0. The number of nitrogens with zero attached hydrogens (tertiary/aromatic N) is 2. The van der Waals surface area contributed by atoms with Crippen molar-refractivity contribution < 1.29 is 9.59 Å². The minimum absolute atomic E-state index is 0.0596. The molecule has 6 heteroatoms. The third-order valence-corrected chi connectivity index (χ3v) is 3.62. The highest BCUT2D eigenvalue weighted by Crippen LogP contribution is 2.25. The van der Waals surface area contributed by atoms with Crippen LogP contribution in [-0.2, 0) is 16.1 Å². The van der Waals surface area contributed by atoms with Gasteiger partial charge in [0.2, 0.25) is 11.8 Å². The summed E-state index contributed by atoms with van der Waals surface area (Å²) in [5.41, 5.74) is 0.463. The Morgan fingerprint density at radius 2 is 2.15 bits per heavy atom. The second kappa shape index (κ2) is 5.40. The number of hydrogen-bond acceptors (Lipinski definition) is 3. The zero-order valence-electron chi connectivity index (χ0n) is 11.8.